The van der Waals surface area contributed by atoms with Crippen LogP contribution in [0, 0.1) is 11.8 Å². The van der Waals surface area contributed by atoms with E-state index in [1.807, 2.05) is 0 Å². The van der Waals surface area contributed by atoms with Crippen molar-refractivity contribution in [2.24, 2.45) is 11.8 Å². The first-order valence-corrected chi connectivity index (χ1v) is 3.54. The van der Waals surface area contributed by atoms with Crippen molar-refractivity contribution in [2.75, 3.05) is 13.2 Å². The van der Waals surface area contributed by atoms with Crippen LogP contribution in [0.25, 0.3) is 0 Å². The SMILES string of the molecule is C1COCC2CC2C1. The largest absolute Gasteiger partial charge is 0.381 e. The summed E-state index contributed by atoms with van der Waals surface area (Å²) in [6.45, 7) is 2.08. The van der Waals surface area contributed by atoms with Crippen molar-refractivity contribution in [3.05, 3.63) is 0 Å². The molecule has 1 saturated heterocycles. The Kier molecular flexibility index (Phi) is 1.04. The fourth-order valence-electron chi connectivity index (χ4n) is 1.55. The topological polar surface area (TPSA) is 9.23 Å². The molecular formula is C7H12O. The molecule has 2 fully saturated rings. The standard InChI is InChI=1S/C7H12O/c1-2-6-4-7(6)5-8-3-1/h6-7H,1-5H2. The molecule has 1 nitrogen and oxygen atoms in total. The molecule has 1 aliphatic carbocycles. The van der Waals surface area contributed by atoms with E-state index in [0.29, 0.717) is 0 Å². The highest BCUT2D eigenvalue weighted by Crippen LogP contribution is 2.43. The summed E-state index contributed by atoms with van der Waals surface area (Å²) in [5.74, 6) is 2.04. The number of fused-ring (bicyclic) bond motifs is 1. The predicted molar refractivity (Wildman–Crippen MR) is 31.6 cm³/mol. The molecule has 1 aliphatic heterocycles. The minimum absolute atomic E-state index is 0.970. The zero-order valence-corrected chi connectivity index (χ0v) is 5.10. The molecule has 0 radical (unpaired) electrons. The predicted octanol–water partition coefficient (Wildman–Crippen LogP) is 1.43. The molecule has 0 spiro atoms. The monoisotopic (exact) mass is 112 g/mol. The first-order chi connectivity index (χ1) is 3.97. The van der Waals surface area contributed by atoms with Crippen molar-refractivity contribution < 1.29 is 4.74 Å². The third-order valence-electron chi connectivity index (χ3n) is 2.26. The molecule has 8 heavy (non-hydrogen) atoms. The van der Waals surface area contributed by atoms with Crippen LogP contribution in [0.15, 0.2) is 0 Å². The third-order valence-corrected chi connectivity index (χ3v) is 2.26. The lowest BCUT2D eigenvalue weighted by atomic mass is 10.2. The Morgan fingerprint density at radius 2 is 2.25 bits per heavy atom. The third kappa shape index (κ3) is 0.752. The summed E-state index contributed by atoms with van der Waals surface area (Å²) in [4.78, 5) is 0. The van der Waals surface area contributed by atoms with E-state index < -0.39 is 0 Å². The molecule has 2 aliphatic rings. The Bertz CT molecular complexity index is 80.4. The molecule has 1 heterocycles. The molecule has 46 valence electrons. The van der Waals surface area contributed by atoms with Crippen LogP contribution in [-0.4, -0.2) is 13.2 Å². The van der Waals surface area contributed by atoms with E-state index in [0.717, 1.165) is 25.0 Å². The Labute approximate surface area is 50.0 Å². The van der Waals surface area contributed by atoms with Gasteiger partial charge in [-0.05, 0) is 31.1 Å². The minimum Gasteiger partial charge on any atom is -0.381 e. The zero-order valence-electron chi connectivity index (χ0n) is 5.10. The van der Waals surface area contributed by atoms with Crippen molar-refractivity contribution in [1.82, 2.24) is 0 Å². The number of ether oxygens (including phenoxy) is 1. The first kappa shape index (κ1) is 4.80. The summed E-state index contributed by atoms with van der Waals surface area (Å²) in [5.41, 5.74) is 0. The fourth-order valence-corrected chi connectivity index (χ4v) is 1.55. The van der Waals surface area contributed by atoms with Crippen LogP contribution in [0.1, 0.15) is 19.3 Å². The van der Waals surface area contributed by atoms with Gasteiger partial charge in [0, 0.05) is 13.2 Å². The second-order valence-corrected chi connectivity index (χ2v) is 2.97. The summed E-state index contributed by atoms with van der Waals surface area (Å²) in [6, 6.07) is 0. The molecule has 1 heteroatoms. The molecule has 2 atom stereocenters. The van der Waals surface area contributed by atoms with E-state index in [-0.39, 0.29) is 0 Å². The van der Waals surface area contributed by atoms with Gasteiger partial charge in [0.2, 0.25) is 0 Å². The summed E-state index contributed by atoms with van der Waals surface area (Å²) in [5, 5.41) is 0. The van der Waals surface area contributed by atoms with Gasteiger partial charge in [-0.15, -0.1) is 0 Å². The highest BCUT2D eigenvalue weighted by Gasteiger charge is 2.37. The molecule has 0 bridgehead atoms. The molecule has 0 aromatic heterocycles. The fraction of sp³-hybridized carbons (Fsp3) is 1.00. The molecule has 0 aromatic rings. The molecule has 2 unspecified atom stereocenters. The van der Waals surface area contributed by atoms with E-state index in [1.165, 1.54) is 19.3 Å². The normalized spacial score (nSPS) is 45.0. The maximum Gasteiger partial charge on any atom is 0.0497 e. The Hall–Kier alpha value is -0.0400. The summed E-state index contributed by atoms with van der Waals surface area (Å²) >= 11 is 0. The molecule has 0 amide bonds. The zero-order chi connectivity index (χ0) is 5.40. The Balaban J connectivity index is 1.89. The van der Waals surface area contributed by atoms with Gasteiger partial charge in [-0.1, -0.05) is 0 Å². The van der Waals surface area contributed by atoms with Gasteiger partial charge in [0.15, 0.2) is 0 Å². The van der Waals surface area contributed by atoms with Crippen LogP contribution in [0.5, 0.6) is 0 Å². The van der Waals surface area contributed by atoms with Gasteiger partial charge in [-0.3, -0.25) is 0 Å². The van der Waals surface area contributed by atoms with Gasteiger partial charge in [0.25, 0.3) is 0 Å². The van der Waals surface area contributed by atoms with E-state index in [4.69, 9.17) is 4.74 Å². The van der Waals surface area contributed by atoms with Crippen molar-refractivity contribution in [2.45, 2.75) is 19.3 Å². The number of hydrogen-bond acceptors (Lipinski definition) is 1. The second kappa shape index (κ2) is 1.73. The average molecular weight is 112 g/mol. The Morgan fingerprint density at radius 1 is 1.25 bits per heavy atom. The van der Waals surface area contributed by atoms with Crippen LogP contribution in [0.3, 0.4) is 0 Å². The van der Waals surface area contributed by atoms with E-state index in [9.17, 15) is 0 Å². The lowest BCUT2D eigenvalue weighted by Gasteiger charge is -1.95. The summed E-state index contributed by atoms with van der Waals surface area (Å²) in [6.07, 6.45) is 4.20. The number of rotatable bonds is 0. The highest BCUT2D eigenvalue weighted by molar-refractivity contribution is 4.86. The van der Waals surface area contributed by atoms with Crippen molar-refractivity contribution in [3.8, 4) is 0 Å². The highest BCUT2D eigenvalue weighted by atomic mass is 16.5. The summed E-state index contributed by atoms with van der Waals surface area (Å²) in [7, 11) is 0. The van der Waals surface area contributed by atoms with Gasteiger partial charge in [-0.25, -0.2) is 0 Å². The van der Waals surface area contributed by atoms with Crippen LogP contribution >= 0.6 is 0 Å². The first-order valence-electron chi connectivity index (χ1n) is 3.54. The van der Waals surface area contributed by atoms with Gasteiger partial charge in [0.05, 0.1) is 0 Å². The van der Waals surface area contributed by atoms with Gasteiger partial charge in [0.1, 0.15) is 0 Å². The van der Waals surface area contributed by atoms with Crippen molar-refractivity contribution in [1.29, 1.82) is 0 Å². The van der Waals surface area contributed by atoms with Crippen LogP contribution in [0.4, 0.5) is 0 Å². The number of hydrogen-bond donors (Lipinski definition) is 0. The maximum atomic E-state index is 5.35. The molecule has 0 aromatic carbocycles. The molecular weight excluding hydrogens is 100 g/mol. The second-order valence-electron chi connectivity index (χ2n) is 2.97. The molecule has 1 saturated carbocycles. The van der Waals surface area contributed by atoms with E-state index in [2.05, 4.69) is 0 Å². The summed E-state index contributed by atoms with van der Waals surface area (Å²) < 4.78 is 5.35. The lowest BCUT2D eigenvalue weighted by molar-refractivity contribution is 0.131. The van der Waals surface area contributed by atoms with Gasteiger partial charge in [-0.2, -0.15) is 0 Å². The minimum atomic E-state index is 0.970. The van der Waals surface area contributed by atoms with Crippen LogP contribution in [0.2, 0.25) is 0 Å². The van der Waals surface area contributed by atoms with E-state index >= 15 is 0 Å². The smallest absolute Gasteiger partial charge is 0.0497 e. The van der Waals surface area contributed by atoms with Crippen molar-refractivity contribution in [3.63, 3.8) is 0 Å². The van der Waals surface area contributed by atoms with Gasteiger partial charge >= 0.3 is 0 Å². The van der Waals surface area contributed by atoms with Gasteiger partial charge < -0.3 is 4.74 Å². The van der Waals surface area contributed by atoms with Crippen molar-refractivity contribution >= 4 is 0 Å². The molecule has 0 N–H and O–H groups in total. The quantitative estimate of drug-likeness (QED) is 0.460. The Morgan fingerprint density at radius 3 is 3.25 bits per heavy atom. The maximum absolute atomic E-state index is 5.35. The van der Waals surface area contributed by atoms with Crippen LogP contribution < -0.4 is 0 Å². The lowest BCUT2D eigenvalue weighted by Crippen LogP contribution is -1.94. The average Bonchev–Trinajstić information content (AvgIpc) is 2.36. The van der Waals surface area contributed by atoms with Crippen LogP contribution in [-0.2, 0) is 4.74 Å². The van der Waals surface area contributed by atoms with E-state index in [1.54, 1.807) is 0 Å². The molecule has 2 rings (SSSR count).